The third-order valence-electron chi connectivity index (χ3n) is 8.87. The van der Waals surface area contributed by atoms with Crippen molar-refractivity contribution >= 4 is 51.2 Å². The molecule has 42 heavy (non-hydrogen) atoms. The Labute approximate surface area is 251 Å². The predicted molar refractivity (Wildman–Crippen MR) is 173 cm³/mol. The highest BCUT2D eigenvalue weighted by Crippen LogP contribution is 2.31. The van der Waals surface area contributed by atoms with E-state index in [-0.39, 0.29) is 11.9 Å². The topological polar surface area (TPSA) is 76.6 Å². The van der Waals surface area contributed by atoms with Crippen molar-refractivity contribution in [2.45, 2.75) is 44.6 Å². The van der Waals surface area contributed by atoms with Gasteiger partial charge in [0.1, 0.15) is 11.3 Å². The first-order valence-corrected chi connectivity index (χ1v) is 16.1. The van der Waals surface area contributed by atoms with E-state index >= 15 is 0 Å². The zero-order valence-electron chi connectivity index (χ0n) is 24.3. The van der Waals surface area contributed by atoms with Gasteiger partial charge in [0.05, 0.1) is 4.88 Å². The molecule has 1 aliphatic carbocycles. The summed E-state index contributed by atoms with van der Waals surface area (Å²) in [5.74, 6) is 1.74. The lowest BCUT2D eigenvalue weighted by Gasteiger charge is -2.34. The van der Waals surface area contributed by atoms with Crippen molar-refractivity contribution in [3.8, 4) is 0 Å². The van der Waals surface area contributed by atoms with E-state index in [1.165, 1.54) is 29.0 Å². The second kappa shape index (κ2) is 11.9. The lowest BCUT2D eigenvalue weighted by molar-refractivity contribution is 0.0937. The molecule has 2 N–H and O–H groups in total. The van der Waals surface area contributed by atoms with Crippen LogP contribution in [0.2, 0.25) is 0 Å². The first kappa shape index (κ1) is 27.2. The number of rotatable bonds is 6. The van der Waals surface area contributed by atoms with Gasteiger partial charge in [0.2, 0.25) is 0 Å². The molecule has 0 bridgehead atoms. The van der Waals surface area contributed by atoms with Crippen LogP contribution >= 0.6 is 11.3 Å². The summed E-state index contributed by atoms with van der Waals surface area (Å²) in [6, 6.07) is 17.1. The summed E-state index contributed by atoms with van der Waals surface area (Å²) in [6.45, 7) is 5.94. The van der Waals surface area contributed by atoms with Crippen LogP contribution in [0.5, 0.6) is 0 Å². The van der Waals surface area contributed by atoms with Crippen LogP contribution in [0, 0.1) is 0 Å². The molecule has 1 amide bonds. The monoisotopic (exact) mass is 581 g/mol. The van der Waals surface area contributed by atoms with Gasteiger partial charge in [0.15, 0.2) is 5.82 Å². The third-order valence-corrected chi connectivity index (χ3v) is 10.1. The van der Waals surface area contributed by atoms with Crippen molar-refractivity contribution in [2.75, 3.05) is 61.4 Å². The summed E-state index contributed by atoms with van der Waals surface area (Å²) in [7, 11) is 2.18. The summed E-state index contributed by atoms with van der Waals surface area (Å²) >= 11 is 1.68. The Morgan fingerprint density at radius 2 is 1.79 bits per heavy atom. The van der Waals surface area contributed by atoms with Gasteiger partial charge in [-0.15, -0.1) is 11.3 Å². The molecule has 1 atom stereocenters. The highest BCUT2D eigenvalue weighted by atomic mass is 32.1. The van der Waals surface area contributed by atoms with E-state index in [0.29, 0.717) is 0 Å². The molecule has 2 fully saturated rings. The van der Waals surface area contributed by atoms with Crippen LogP contribution in [0.1, 0.15) is 45.8 Å². The van der Waals surface area contributed by atoms with Crippen LogP contribution < -0.4 is 20.4 Å². The number of anilines is 4. The van der Waals surface area contributed by atoms with Gasteiger partial charge in [-0.1, -0.05) is 6.07 Å². The second-order valence-electron chi connectivity index (χ2n) is 11.9. The minimum absolute atomic E-state index is 0.0688. The minimum atomic E-state index is 0.0688. The molecule has 8 nitrogen and oxygen atoms in total. The van der Waals surface area contributed by atoms with E-state index in [0.717, 1.165) is 98.1 Å². The SMILES string of the molecule is CN1CCN(c2ccc(Nc3nc(N4CCC[C@@H](NC(=O)c5cc6c(s5)CCCC6)C4)cc4cccnc34)cc2)CC1. The molecule has 0 unspecified atom stereocenters. The number of amides is 1. The number of benzene rings is 1. The number of piperazine rings is 1. The average Bonchev–Trinajstić information content (AvgIpc) is 3.47. The van der Waals surface area contributed by atoms with Crippen LogP contribution in [0.4, 0.5) is 23.0 Å². The number of aryl methyl sites for hydroxylation is 2. The van der Waals surface area contributed by atoms with Gasteiger partial charge in [0.25, 0.3) is 5.91 Å². The number of pyridine rings is 2. The highest BCUT2D eigenvalue weighted by Gasteiger charge is 2.25. The van der Waals surface area contributed by atoms with Crippen molar-refractivity contribution in [2.24, 2.45) is 0 Å². The van der Waals surface area contributed by atoms with E-state index in [1.54, 1.807) is 11.3 Å². The van der Waals surface area contributed by atoms with Gasteiger partial charge in [-0.2, -0.15) is 0 Å². The smallest absolute Gasteiger partial charge is 0.261 e. The number of nitrogens with one attached hydrogen (secondary N) is 2. The molecular formula is C33H39N7OS. The predicted octanol–water partition coefficient (Wildman–Crippen LogP) is 5.46. The van der Waals surface area contributed by atoms with E-state index in [9.17, 15) is 4.79 Å². The zero-order chi connectivity index (χ0) is 28.5. The molecule has 4 aromatic rings. The number of hydrogen-bond acceptors (Lipinski definition) is 8. The molecule has 7 rings (SSSR count). The number of thiophene rings is 1. The quantitative estimate of drug-likeness (QED) is 0.313. The fourth-order valence-corrected chi connectivity index (χ4v) is 7.60. The first-order valence-electron chi connectivity index (χ1n) is 15.3. The number of carbonyl (C=O) groups excluding carboxylic acids is 1. The van der Waals surface area contributed by atoms with Gasteiger partial charge in [-0.25, -0.2) is 4.98 Å². The standard InChI is InChI=1S/C33H39N7OS/c1-38-16-18-39(19-17-38)27-12-10-25(11-13-27)35-32-31-24(7-4-14-34-31)21-30(37-32)40-15-5-8-26(22-40)36-33(41)29-20-23-6-2-3-9-28(23)42-29/h4,7,10-14,20-21,26H,2-3,5-6,8-9,15-19,22H2,1H3,(H,35,37)(H,36,41)/t26-/m1/s1. The van der Waals surface area contributed by atoms with Gasteiger partial charge in [-0.3, -0.25) is 9.78 Å². The molecule has 3 aromatic heterocycles. The van der Waals surface area contributed by atoms with Gasteiger partial charge >= 0.3 is 0 Å². The van der Waals surface area contributed by atoms with E-state index in [1.807, 2.05) is 12.3 Å². The van der Waals surface area contributed by atoms with E-state index < -0.39 is 0 Å². The Bertz CT molecular complexity index is 1540. The molecular weight excluding hydrogens is 542 g/mol. The van der Waals surface area contributed by atoms with Gasteiger partial charge in [-0.05, 0) is 93.6 Å². The number of fused-ring (bicyclic) bond motifs is 2. The highest BCUT2D eigenvalue weighted by molar-refractivity contribution is 7.14. The number of likely N-dealkylation sites (N-methyl/N-ethyl adjacent to an activating group) is 1. The lowest BCUT2D eigenvalue weighted by Crippen LogP contribution is -2.48. The molecule has 2 saturated heterocycles. The van der Waals surface area contributed by atoms with Crippen molar-refractivity contribution in [3.63, 3.8) is 0 Å². The first-order chi connectivity index (χ1) is 20.6. The van der Waals surface area contributed by atoms with Gasteiger partial charge < -0.3 is 25.3 Å². The van der Waals surface area contributed by atoms with Crippen LogP contribution in [0.25, 0.3) is 10.9 Å². The van der Waals surface area contributed by atoms with E-state index in [2.05, 4.69) is 79.8 Å². The molecule has 218 valence electrons. The van der Waals surface area contributed by atoms with Crippen LogP contribution in [0.15, 0.2) is 54.7 Å². The summed E-state index contributed by atoms with van der Waals surface area (Å²) in [6.07, 6.45) is 8.50. The molecule has 3 aliphatic rings. The summed E-state index contributed by atoms with van der Waals surface area (Å²) in [5.41, 5.74) is 4.48. The van der Waals surface area contributed by atoms with Crippen LogP contribution in [0.3, 0.4) is 0 Å². The molecule has 0 radical (unpaired) electrons. The Morgan fingerprint density at radius 3 is 2.62 bits per heavy atom. The number of nitrogens with zero attached hydrogens (tertiary/aromatic N) is 5. The normalized spacial score (nSPS) is 19.5. The molecule has 5 heterocycles. The Hall–Kier alpha value is -3.69. The Morgan fingerprint density at radius 1 is 0.952 bits per heavy atom. The van der Waals surface area contributed by atoms with Crippen molar-refractivity contribution < 1.29 is 4.79 Å². The number of piperidine rings is 1. The second-order valence-corrected chi connectivity index (χ2v) is 13.0. The fraction of sp³-hybridized carbons (Fsp3) is 0.424. The number of carbonyl (C=O) groups is 1. The molecule has 2 aliphatic heterocycles. The van der Waals surface area contributed by atoms with Crippen molar-refractivity contribution in [1.29, 1.82) is 0 Å². The van der Waals surface area contributed by atoms with Crippen molar-refractivity contribution in [1.82, 2.24) is 20.2 Å². The summed E-state index contributed by atoms with van der Waals surface area (Å²) < 4.78 is 0. The van der Waals surface area contributed by atoms with Crippen LogP contribution in [-0.2, 0) is 12.8 Å². The summed E-state index contributed by atoms with van der Waals surface area (Å²) in [5, 5.41) is 7.94. The molecule has 0 spiro atoms. The Balaban J connectivity index is 1.07. The fourth-order valence-electron chi connectivity index (χ4n) is 6.44. The minimum Gasteiger partial charge on any atom is -0.369 e. The van der Waals surface area contributed by atoms with E-state index in [4.69, 9.17) is 4.98 Å². The maximum Gasteiger partial charge on any atom is 0.261 e. The third kappa shape index (κ3) is 5.80. The van der Waals surface area contributed by atoms with Crippen molar-refractivity contribution in [3.05, 3.63) is 70.0 Å². The zero-order valence-corrected chi connectivity index (χ0v) is 25.1. The summed E-state index contributed by atoms with van der Waals surface area (Å²) in [4.78, 5) is 32.3. The molecule has 0 saturated carbocycles. The number of hydrogen-bond donors (Lipinski definition) is 2. The maximum atomic E-state index is 13.2. The van der Waals surface area contributed by atoms with Gasteiger partial charge in [0, 0.05) is 73.1 Å². The Kier molecular flexibility index (Phi) is 7.69. The lowest BCUT2D eigenvalue weighted by atomic mass is 9.99. The number of aromatic nitrogens is 2. The molecule has 9 heteroatoms. The molecule has 1 aromatic carbocycles. The maximum absolute atomic E-state index is 13.2. The average molecular weight is 582 g/mol. The van der Waals surface area contributed by atoms with Crippen LogP contribution in [-0.4, -0.2) is 73.1 Å². The largest absolute Gasteiger partial charge is 0.369 e.